The summed E-state index contributed by atoms with van der Waals surface area (Å²) >= 11 is 0. The van der Waals surface area contributed by atoms with E-state index in [0.29, 0.717) is 12.2 Å². The second-order valence-corrected chi connectivity index (χ2v) is 13.1. The van der Waals surface area contributed by atoms with Gasteiger partial charge >= 0.3 is 5.97 Å². The zero-order chi connectivity index (χ0) is 20.0. The fraction of sp³-hybridized carbons (Fsp3) is 0.429. The zero-order valence-corrected chi connectivity index (χ0v) is 18.2. The van der Waals surface area contributed by atoms with Crippen molar-refractivity contribution in [2.45, 2.75) is 45.8 Å². The van der Waals surface area contributed by atoms with Crippen molar-refractivity contribution in [3.63, 3.8) is 0 Å². The number of ether oxygens (including phenoxy) is 1. The van der Waals surface area contributed by atoms with Gasteiger partial charge in [-0.05, 0) is 43.3 Å². The first-order chi connectivity index (χ1) is 12.6. The minimum absolute atomic E-state index is 0.0714. The predicted octanol–water partition coefficient (Wildman–Crippen LogP) is 5.29. The Morgan fingerprint density at radius 1 is 1.19 bits per heavy atom. The number of fused-ring (bicyclic) bond motifs is 3. The van der Waals surface area contributed by atoms with Crippen LogP contribution in [-0.4, -0.2) is 30.4 Å². The van der Waals surface area contributed by atoms with E-state index in [0.717, 1.165) is 27.7 Å². The van der Waals surface area contributed by atoms with Crippen molar-refractivity contribution in [3.8, 4) is 5.75 Å². The average molecular weight is 385 g/mol. The third kappa shape index (κ3) is 3.22. The quantitative estimate of drug-likeness (QED) is 0.453. The molecule has 5 nitrogen and oxygen atoms in total. The summed E-state index contributed by atoms with van der Waals surface area (Å²) < 4.78 is 13.9. The van der Waals surface area contributed by atoms with Crippen molar-refractivity contribution >= 4 is 36.2 Å². The monoisotopic (exact) mass is 384 g/mol. The number of hydrogen-bond donors (Lipinski definition) is 0. The van der Waals surface area contributed by atoms with Crippen LogP contribution in [-0.2, 0) is 11.8 Å². The van der Waals surface area contributed by atoms with Crippen molar-refractivity contribution in [1.29, 1.82) is 0 Å². The maximum atomic E-state index is 12.6. The lowest BCUT2D eigenvalue weighted by atomic mass is 10.1. The van der Waals surface area contributed by atoms with Crippen molar-refractivity contribution in [3.05, 3.63) is 36.0 Å². The summed E-state index contributed by atoms with van der Waals surface area (Å²) in [6.45, 7) is 13.2. The molecular formula is C21H28N2O3Si. The highest BCUT2D eigenvalue weighted by atomic mass is 28.4. The van der Waals surface area contributed by atoms with Crippen LogP contribution in [0.2, 0.25) is 18.1 Å². The molecule has 0 radical (unpaired) electrons. The Morgan fingerprint density at radius 2 is 1.89 bits per heavy atom. The molecule has 0 aliphatic heterocycles. The van der Waals surface area contributed by atoms with Crippen molar-refractivity contribution in [1.82, 2.24) is 9.55 Å². The summed E-state index contributed by atoms with van der Waals surface area (Å²) in [7, 11) is -0.0856. The first-order valence-electron chi connectivity index (χ1n) is 9.30. The second kappa shape index (κ2) is 6.67. The van der Waals surface area contributed by atoms with Gasteiger partial charge < -0.3 is 13.7 Å². The number of nitrogens with zero attached hydrogens (tertiary/aromatic N) is 2. The Bertz CT molecular complexity index is 1020. The molecule has 144 valence electrons. The van der Waals surface area contributed by atoms with Crippen LogP contribution in [0.15, 0.2) is 30.5 Å². The summed E-state index contributed by atoms with van der Waals surface area (Å²) in [5, 5.41) is 1.79. The molecule has 27 heavy (non-hydrogen) atoms. The molecule has 0 saturated heterocycles. The molecule has 0 bridgehead atoms. The number of rotatable bonds is 4. The molecule has 6 heteroatoms. The second-order valence-electron chi connectivity index (χ2n) is 8.35. The fourth-order valence-electron chi connectivity index (χ4n) is 3.01. The summed E-state index contributed by atoms with van der Waals surface area (Å²) in [6, 6.07) is 7.74. The highest BCUT2D eigenvalue weighted by molar-refractivity contribution is 6.74. The topological polar surface area (TPSA) is 53.4 Å². The lowest BCUT2D eigenvalue weighted by Gasteiger charge is -2.36. The Labute approximate surface area is 161 Å². The van der Waals surface area contributed by atoms with Gasteiger partial charge in [0.2, 0.25) is 0 Å². The maximum absolute atomic E-state index is 12.6. The Kier molecular flexibility index (Phi) is 4.80. The van der Waals surface area contributed by atoms with Crippen molar-refractivity contribution in [2.24, 2.45) is 7.05 Å². The van der Waals surface area contributed by atoms with Crippen molar-refractivity contribution < 1.29 is 14.0 Å². The van der Waals surface area contributed by atoms with Gasteiger partial charge in [0, 0.05) is 18.6 Å². The minimum Gasteiger partial charge on any atom is -0.543 e. The lowest BCUT2D eigenvalue weighted by Crippen LogP contribution is -2.43. The molecule has 2 aromatic heterocycles. The highest BCUT2D eigenvalue weighted by Crippen LogP contribution is 2.42. The molecule has 0 unspecified atom stereocenters. The van der Waals surface area contributed by atoms with E-state index in [1.807, 2.05) is 36.7 Å². The van der Waals surface area contributed by atoms with Gasteiger partial charge in [-0.2, -0.15) is 0 Å². The first-order valence-corrected chi connectivity index (χ1v) is 12.2. The minimum atomic E-state index is -2.05. The maximum Gasteiger partial charge on any atom is 0.338 e. The van der Waals surface area contributed by atoms with E-state index in [2.05, 4.69) is 38.8 Å². The number of carbonyl (C=O) groups excluding carboxylic acids is 1. The van der Waals surface area contributed by atoms with Crippen LogP contribution in [0.25, 0.3) is 21.9 Å². The Morgan fingerprint density at radius 3 is 2.52 bits per heavy atom. The molecule has 0 fully saturated rings. The van der Waals surface area contributed by atoms with Crippen LogP contribution in [0.5, 0.6) is 5.75 Å². The average Bonchev–Trinajstić information content (AvgIpc) is 2.88. The van der Waals surface area contributed by atoms with E-state index in [4.69, 9.17) is 9.16 Å². The number of hydrogen-bond acceptors (Lipinski definition) is 4. The van der Waals surface area contributed by atoms with Gasteiger partial charge in [-0.3, -0.25) is 0 Å². The van der Waals surface area contributed by atoms with E-state index in [1.165, 1.54) is 0 Å². The van der Waals surface area contributed by atoms with Gasteiger partial charge in [-0.1, -0.05) is 26.8 Å². The molecule has 2 heterocycles. The highest BCUT2D eigenvalue weighted by Gasteiger charge is 2.39. The van der Waals surface area contributed by atoms with E-state index in [9.17, 15) is 4.79 Å². The number of aryl methyl sites for hydroxylation is 1. The van der Waals surface area contributed by atoms with Gasteiger partial charge in [0.25, 0.3) is 8.32 Å². The molecule has 0 aliphatic rings. The van der Waals surface area contributed by atoms with Gasteiger partial charge in [-0.25, -0.2) is 9.78 Å². The lowest BCUT2D eigenvalue weighted by molar-refractivity contribution is 0.0528. The van der Waals surface area contributed by atoms with Crippen LogP contribution in [0.4, 0.5) is 0 Å². The fourth-order valence-corrected chi connectivity index (χ4v) is 4.03. The van der Waals surface area contributed by atoms with E-state index >= 15 is 0 Å². The predicted molar refractivity (Wildman–Crippen MR) is 112 cm³/mol. The number of pyridine rings is 1. The summed E-state index contributed by atoms with van der Waals surface area (Å²) in [5.74, 6) is 0.475. The van der Waals surface area contributed by atoms with Crippen LogP contribution in [0.3, 0.4) is 0 Å². The number of esters is 1. The van der Waals surface area contributed by atoms with E-state index in [-0.39, 0.29) is 11.0 Å². The number of benzene rings is 1. The standard InChI is InChI=1S/C21H28N2O3Si/c1-8-25-20(24)14-12-13-22-19-17(14)18-15(23(19)5)10-9-11-16(18)26-27(6,7)21(2,3)4/h9-13H,8H2,1-7H3. The van der Waals surface area contributed by atoms with Crippen LogP contribution in [0.1, 0.15) is 38.1 Å². The smallest absolute Gasteiger partial charge is 0.338 e. The SMILES string of the molecule is CCOC(=O)c1ccnc2c1c1c(O[Si](C)(C)C(C)(C)C)cccc1n2C. The van der Waals surface area contributed by atoms with Crippen molar-refractivity contribution in [2.75, 3.05) is 6.61 Å². The first kappa shape index (κ1) is 19.4. The Hall–Kier alpha value is -2.34. The molecule has 0 atom stereocenters. The van der Waals surface area contributed by atoms with Gasteiger partial charge in [0.05, 0.1) is 23.1 Å². The number of aromatic nitrogens is 2. The van der Waals surface area contributed by atoms with Crippen LogP contribution >= 0.6 is 0 Å². The number of carbonyl (C=O) groups is 1. The summed E-state index contributed by atoms with van der Waals surface area (Å²) in [4.78, 5) is 17.1. The van der Waals surface area contributed by atoms with Gasteiger partial charge in [0.1, 0.15) is 11.4 Å². The molecule has 0 spiro atoms. The van der Waals surface area contributed by atoms with Crippen LogP contribution in [0, 0.1) is 0 Å². The third-order valence-electron chi connectivity index (χ3n) is 5.53. The van der Waals surface area contributed by atoms with E-state index in [1.54, 1.807) is 12.3 Å². The van der Waals surface area contributed by atoms with E-state index < -0.39 is 8.32 Å². The van der Waals surface area contributed by atoms with Gasteiger partial charge in [-0.15, -0.1) is 0 Å². The molecule has 0 saturated carbocycles. The summed E-state index contributed by atoms with van der Waals surface area (Å²) in [5.41, 5.74) is 2.27. The molecule has 0 aliphatic carbocycles. The zero-order valence-electron chi connectivity index (χ0n) is 17.2. The largest absolute Gasteiger partial charge is 0.543 e. The molecule has 0 amide bonds. The Balaban J connectivity index is 2.33. The molecule has 3 aromatic rings. The van der Waals surface area contributed by atoms with Crippen LogP contribution < -0.4 is 4.43 Å². The molecule has 1 aromatic carbocycles. The normalized spacial score (nSPS) is 12.6. The van der Waals surface area contributed by atoms with Gasteiger partial charge in [0.15, 0.2) is 0 Å². The summed E-state index contributed by atoms with van der Waals surface area (Å²) in [6.07, 6.45) is 1.65. The molecule has 0 N–H and O–H groups in total. The molecule has 3 rings (SSSR count). The molecular weight excluding hydrogens is 356 g/mol. The third-order valence-corrected chi connectivity index (χ3v) is 9.87.